The van der Waals surface area contributed by atoms with Crippen molar-refractivity contribution in [2.45, 2.75) is 12.8 Å². The topological polar surface area (TPSA) is 125 Å². The van der Waals surface area contributed by atoms with E-state index < -0.39 is 35.1 Å². The number of nitriles is 3. The molecule has 1 aliphatic carbocycles. The molecule has 29 heavy (non-hydrogen) atoms. The summed E-state index contributed by atoms with van der Waals surface area (Å²) in [5.41, 5.74) is -1.71. The lowest BCUT2D eigenvalue weighted by atomic mass is 9.55. The third-order valence-corrected chi connectivity index (χ3v) is 5.55. The monoisotopic (exact) mass is 391 g/mol. The summed E-state index contributed by atoms with van der Waals surface area (Å²) < 4.78 is 19.7. The summed E-state index contributed by atoms with van der Waals surface area (Å²) in [6.07, 6.45) is 0.997. The number of hydrogen-bond donors (Lipinski definition) is 1. The van der Waals surface area contributed by atoms with Crippen LogP contribution in [0.5, 0.6) is 0 Å². The van der Waals surface area contributed by atoms with Gasteiger partial charge in [0.2, 0.25) is 5.41 Å². The molecule has 1 amide bonds. The average molecular weight is 391 g/mol. The van der Waals surface area contributed by atoms with Crippen LogP contribution in [-0.4, -0.2) is 36.4 Å². The highest BCUT2D eigenvalue weighted by Crippen LogP contribution is 2.52. The van der Waals surface area contributed by atoms with Gasteiger partial charge in [-0.25, -0.2) is 9.18 Å². The van der Waals surface area contributed by atoms with E-state index in [9.17, 15) is 25.0 Å². The lowest BCUT2D eigenvalue weighted by Crippen LogP contribution is -2.53. The predicted molar refractivity (Wildman–Crippen MR) is 99.8 cm³/mol. The van der Waals surface area contributed by atoms with E-state index in [1.54, 1.807) is 19.1 Å². The molecule has 0 saturated heterocycles. The molecule has 3 atom stereocenters. The van der Waals surface area contributed by atoms with Crippen molar-refractivity contribution >= 4 is 11.8 Å². The second kappa shape index (κ2) is 7.73. The van der Waals surface area contributed by atoms with Gasteiger partial charge in [0.15, 0.2) is 0 Å². The van der Waals surface area contributed by atoms with Gasteiger partial charge in [0.1, 0.15) is 5.82 Å². The SMILES string of the molecule is CCOC(=O)N1CC=C2[C@@H](C1)[C@H](c1ccccc1F)[C@H](C#N)C(=N)C2(C#N)C#N. The Hall–Kier alpha value is -3.70. The number of hydrogen-bond acceptors (Lipinski definition) is 6. The third-order valence-electron chi connectivity index (χ3n) is 5.55. The highest BCUT2D eigenvalue weighted by molar-refractivity contribution is 6.01. The molecule has 0 radical (unpaired) electrons. The van der Waals surface area contributed by atoms with E-state index in [1.807, 2.05) is 18.2 Å². The van der Waals surface area contributed by atoms with Crippen molar-refractivity contribution in [1.29, 1.82) is 21.2 Å². The first-order valence-electron chi connectivity index (χ1n) is 9.12. The van der Waals surface area contributed by atoms with E-state index in [0.29, 0.717) is 5.57 Å². The molecule has 0 aromatic heterocycles. The number of carbonyl (C=O) groups excluding carboxylic acids is 1. The number of carbonyl (C=O) groups is 1. The van der Waals surface area contributed by atoms with Crippen LogP contribution in [0.4, 0.5) is 9.18 Å². The smallest absolute Gasteiger partial charge is 0.410 e. The molecule has 1 aromatic carbocycles. The molecule has 0 unspecified atom stereocenters. The number of amides is 1. The van der Waals surface area contributed by atoms with Gasteiger partial charge in [-0.1, -0.05) is 24.3 Å². The van der Waals surface area contributed by atoms with E-state index in [4.69, 9.17) is 10.1 Å². The first kappa shape index (κ1) is 20.0. The van der Waals surface area contributed by atoms with Crippen LogP contribution in [0.1, 0.15) is 18.4 Å². The Morgan fingerprint density at radius 2 is 2.03 bits per heavy atom. The number of halogens is 1. The standard InChI is InChI=1S/C21H18FN5O2/c1-2-29-20(28)27-8-7-16-15(10-27)18(13-5-3-4-6-17(13)22)14(9-23)19(26)21(16,11-24)12-25/h3-7,14-15,18,26H,2,8,10H2,1H3/t14-,15+,18+/m0/s1. The molecular weight excluding hydrogens is 373 g/mol. The highest BCUT2D eigenvalue weighted by atomic mass is 19.1. The molecule has 1 aliphatic heterocycles. The van der Waals surface area contributed by atoms with E-state index in [0.717, 1.165) is 0 Å². The average Bonchev–Trinajstić information content (AvgIpc) is 2.74. The maximum absolute atomic E-state index is 14.7. The van der Waals surface area contributed by atoms with Crippen LogP contribution >= 0.6 is 0 Å². The molecule has 1 fully saturated rings. The Morgan fingerprint density at radius 3 is 2.62 bits per heavy atom. The lowest BCUT2D eigenvalue weighted by molar-refractivity contribution is 0.0997. The summed E-state index contributed by atoms with van der Waals surface area (Å²) in [4.78, 5) is 13.7. The van der Waals surface area contributed by atoms with E-state index in [1.165, 1.54) is 23.1 Å². The van der Waals surface area contributed by atoms with Crippen LogP contribution in [0.3, 0.4) is 0 Å². The fourth-order valence-corrected chi connectivity index (χ4v) is 4.23. The van der Waals surface area contributed by atoms with Gasteiger partial charge in [-0.3, -0.25) is 0 Å². The van der Waals surface area contributed by atoms with Crippen LogP contribution < -0.4 is 0 Å². The summed E-state index contributed by atoms with van der Waals surface area (Å²) in [6, 6.07) is 11.7. The van der Waals surface area contributed by atoms with Crippen molar-refractivity contribution in [2.24, 2.45) is 17.3 Å². The predicted octanol–water partition coefficient (Wildman–Crippen LogP) is 3.13. The van der Waals surface area contributed by atoms with Crippen LogP contribution in [0.2, 0.25) is 0 Å². The van der Waals surface area contributed by atoms with Crippen molar-refractivity contribution in [3.05, 3.63) is 47.3 Å². The summed E-state index contributed by atoms with van der Waals surface area (Å²) in [6.45, 7) is 2.01. The maximum atomic E-state index is 14.7. The van der Waals surface area contributed by atoms with Crippen molar-refractivity contribution in [2.75, 3.05) is 19.7 Å². The summed E-state index contributed by atoms with van der Waals surface area (Å²) in [5, 5.41) is 37.9. The van der Waals surface area contributed by atoms with Crippen molar-refractivity contribution in [1.82, 2.24) is 4.90 Å². The molecule has 8 heteroatoms. The number of nitrogens with one attached hydrogen (secondary N) is 1. The Balaban J connectivity index is 2.20. The van der Waals surface area contributed by atoms with E-state index in [-0.39, 0.29) is 31.0 Å². The number of fused-ring (bicyclic) bond motifs is 1. The maximum Gasteiger partial charge on any atom is 0.410 e. The highest BCUT2D eigenvalue weighted by Gasteiger charge is 2.57. The van der Waals surface area contributed by atoms with Gasteiger partial charge in [-0.2, -0.15) is 15.8 Å². The van der Waals surface area contributed by atoms with Crippen molar-refractivity contribution in [3.8, 4) is 18.2 Å². The van der Waals surface area contributed by atoms with Gasteiger partial charge < -0.3 is 15.0 Å². The molecular formula is C21H18FN5O2. The van der Waals surface area contributed by atoms with Crippen molar-refractivity contribution < 1.29 is 13.9 Å². The minimum Gasteiger partial charge on any atom is -0.450 e. The molecule has 146 valence electrons. The third kappa shape index (κ3) is 3.02. The Labute approximate surface area is 167 Å². The molecule has 7 nitrogen and oxygen atoms in total. The fourth-order valence-electron chi connectivity index (χ4n) is 4.23. The van der Waals surface area contributed by atoms with Gasteiger partial charge in [-0.15, -0.1) is 0 Å². The van der Waals surface area contributed by atoms with Gasteiger partial charge in [0.25, 0.3) is 0 Å². The van der Waals surface area contributed by atoms with E-state index in [2.05, 4.69) is 0 Å². The van der Waals surface area contributed by atoms with Crippen molar-refractivity contribution in [3.63, 3.8) is 0 Å². The molecule has 1 heterocycles. The minimum atomic E-state index is -1.91. The molecule has 1 aromatic rings. The molecule has 2 aliphatic rings. The van der Waals surface area contributed by atoms with Gasteiger partial charge in [0.05, 0.1) is 36.4 Å². The zero-order chi connectivity index (χ0) is 21.2. The van der Waals surface area contributed by atoms with Gasteiger partial charge in [-0.05, 0) is 24.1 Å². The number of ether oxygens (including phenoxy) is 1. The van der Waals surface area contributed by atoms with E-state index >= 15 is 0 Å². The zero-order valence-corrected chi connectivity index (χ0v) is 15.7. The van der Waals surface area contributed by atoms with Crippen LogP contribution in [0, 0.1) is 62.5 Å². The number of rotatable bonds is 2. The number of nitrogens with zero attached hydrogens (tertiary/aromatic N) is 4. The Bertz CT molecular complexity index is 999. The van der Waals surface area contributed by atoms with Gasteiger partial charge in [0, 0.05) is 24.9 Å². The molecule has 0 spiro atoms. The molecule has 3 rings (SSSR count). The quantitative estimate of drug-likeness (QED) is 0.775. The number of benzene rings is 1. The second-order valence-electron chi connectivity index (χ2n) is 6.91. The normalized spacial score (nSPS) is 24.9. The lowest BCUT2D eigenvalue weighted by Gasteiger charge is -2.47. The summed E-state index contributed by atoms with van der Waals surface area (Å²) in [7, 11) is 0. The van der Waals surface area contributed by atoms with Crippen LogP contribution in [-0.2, 0) is 4.74 Å². The molecule has 1 saturated carbocycles. The first-order chi connectivity index (χ1) is 13.9. The fraction of sp³-hybridized carbons (Fsp3) is 0.381. The summed E-state index contributed by atoms with van der Waals surface area (Å²) >= 11 is 0. The second-order valence-corrected chi connectivity index (χ2v) is 6.91. The van der Waals surface area contributed by atoms with Gasteiger partial charge >= 0.3 is 6.09 Å². The largest absolute Gasteiger partial charge is 0.450 e. The van der Waals surface area contributed by atoms with Crippen LogP contribution in [0.25, 0.3) is 0 Å². The van der Waals surface area contributed by atoms with Crippen LogP contribution in [0.15, 0.2) is 35.9 Å². The minimum absolute atomic E-state index is 0.0558. The molecule has 1 N–H and O–H groups in total. The Morgan fingerprint density at radius 1 is 1.34 bits per heavy atom. The molecule has 0 bridgehead atoms. The summed E-state index contributed by atoms with van der Waals surface area (Å²) in [5.74, 6) is -3.22. The Kier molecular flexibility index (Phi) is 5.35. The zero-order valence-electron chi connectivity index (χ0n) is 15.7. The first-order valence-corrected chi connectivity index (χ1v) is 9.12.